The van der Waals surface area contributed by atoms with Gasteiger partial charge >= 0.3 is 5.97 Å². The van der Waals surface area contributed by atoms with E-state index in [1.165, 1.54) is 11.1 Å². The molecule has 0 radical (unpaired) electrons. The molecule has 0 spiro atoms. The molecule has 1 heterocycles. The molecule has 1 aliphatic heterocycles. The van der Waals surface area contributed by atoms with E-state index >= 15 is 0 Å². The molecule has 2 atom stereocenters. The molecule has 0 amide bonds. The van der Waals surface area contributed by atoms with Crippen molar-refractivity contribution in [2.45, 2.75) is 32.8 Å². The Kier molecular flexibility index (Phi) is 4.31. The highest BCUT2D eigenvalue weighted by molar-refractivity contribution is 5.81. The number of fused-ring (bicyclic) bond motifs is 1. The molecule has 3 nitrogen and oxygen atoms in total. The molecule has 2 aromatic carbocycles. The molecule has 3 heteroatoms. The molecule has 4 rings (SSSR count). The van der Waals surface area contributed by atoms with Gasteiger partial charge in [0, 0.05) is 5.92 Å². The van der Waals surface area contributed by atoms with Crippen molar-refractivity contribution < 1.29 is 14.3 Å². The standard InChI is InChI=1S/C23H24O3/c1-16-5-3-7-19(9-16)14-25-21-8-4-6-18(11-21)13-23-12-17(2)10-20(23)15-26-22(23)24/h3-9,11,20H,2,10,12-15H2,1H3. The van der Waals surface area contributed by atoms with Gasteiger partial charge in [-0.15, -0.1) is 0 Å². The van der Waals surface area contributed by atoms with Crippen LogP contribution in [0.4, 0.5) is 0 Å². The van der Waals surface area contributed by atoms with Gasteiger partial charge in [0.1, 0.15) is 12.4 Å². The molecule has 1 saturated carbocycles. The SMILES string of the molecule is C=C1CC2COC(=O)C2(Cc2cccc(OCc3cccc(C)c3)c2)C1. The molecule has 1 aliphatic carbocycles. The second-order valence-electron chi connectivity index (χ2n) is 7.68. The minimum atomic E-state index is -0.424. The number of rotatable bonds is 5. The van der Waals surface area contributed by atoms with E-state index < -0.39 is 5.41 Å². The third-order valence-electron chi connectivity index (χ3n) is 5.61. The predicted octanol–water partition coefficient (Wildman–Crippen LogP) is 4.63. The monoisotopic (exact) mass is 348 g/mol. The van der Waals surface area contributed by atoms with E-state index in [0.29, 0.717) is 19.6 Å². The lowest BCUT2D eigenvalue weighted by atomic mass is 9.75. The van der Waals surface area contributed by atoms with Gasteiger partial charge in [0.15, 0.2) is 0 Å². The van der Waals surface area contributed by atoms with E-state index in [-0.39, 0.29) is 11.9 Å². The number of aryl methyl sites for hydroxylation is 1. The van der Waals surface area contributed by atoms with Crippen molar-refractivity contribution in [1.29, 1.82) is 0 Å². The average molecular weight is 348 g/mol. The van der Waals surface area contributed by atoms with Crippen molar-refractivity contribution in [2.24, 2.45) is 11.3 Å². The summed E-state index contributed by atoms with van der Waals surface area (Å²) in [6.07, 6.45) is 2.33. The molecule has 0 bridgehead atoms. The second-order valence-corrected chi connectivity index (χ2v) is 7.68. The normalized spacial score (nSPS) is 24.4. The minimum Gasteiger partial charge on any atom is -0.489 e. The van der Waals surface area contributed by atoms with Crippen LogP contribution in [0.3, 0.4) is 0 Å². The van der Waals surface area contributed by atoms with Crippen LogP contribution in [-0.2, 0) is 22.6 Å². The zero-order valence-electron chi connectivity index (χ0n) is 15.2. The number of cyclic esters (lactones) is 1. The highest BCUT2D eigenvalue weighted by Gasteiger charge is 2.55. The number of esters is 1. The molecule has 26 heavy (non-hydrogen) atoms. The van der Waals surface area contributed by atoms with Crippen LogP contribution in [0.2, 0.25) is 0 Å². The maximum atomic E-state index is 12.5. The lowest BCUT2D eigenvalue weighted by Crippen LogP contribution is -2.31. The summed E-state index contributed by atoms with van der Waals surface area (Å²) in [4.78, 5) is 12.5. The Morgan fingerprint density at radius 2 is 2.00 bits per heavy atom. The first-order valence-corrected chi connectivity index (χ1v) is 9.16. The number of benzene rings is 2. The van der Waals surface area contributed by atoms with Crippen molar-refractivity contribution in [3.05, 3.63) is 77.4 Å². The van der Waals surface area contributed by atoms with Crippen LogP contribution in [-0.4, -0.2) is 12.6 Å². The van der Waals surface area contributed by atoms with Crippen molar-refractivity contribution in [2.75, 3.05) is 6.61 Å². The number of allylic oxidation sites excluding steroid dienone is 1. The van der Waals surface area contributed by atoms with Crippen LogP contribution in [0.1, 0.15) is 29.5 Å². The molecule has 0 aromatic heterocycles. The fraction of sp³-hybridized carbons (Fsp3) is 0.348. The zero-order chi connectivity index (χ0) is 18.1. The van der Waals surface area contributed by atoms with Gasteiger partial charge in [-0.1, -0.05) is 54.1 Å². The Morgan fingerprint density at radius 1 is 1.19 bits per heavy atom. The lowest BCUT2D eigenvalue weighted by molar-refractivity contribution is -0.146. The summed E-state index contributed by atoms with van der Waals surface area (Å²) >= 11 is 0. The van der Waals surface area contributed by atoms with Gasteiger partial charge in [-0.25, -0.2) is 0 Å². The highest BCUT2D eigenvalue weighted by atomic mass is 16.5. The third-order valence-corrected chi connectivity index (χ3v) is 5.61. The van der Waals surface area contributed by atoms with Crippen molar-refractivity contribution in [3.63, 3.8) is 0 Å². The number of carbonyl (C=O) groups excluding carboxylic acids is 1. The van der Waals surface area contributed by atoms with Gasteiger partial charge in [0.2, 0.25) is 0 Å². The lowest BCUT2D eigenvalue weighted by Gasteiger charge is -2.24. The first-order chi connectivity index (χ1) is 12.5. The Balaban J connectivity index is 1.49. The van der Waals surface area contributed by atoms with E-state index in [4.69, 9.17) is 9.47 Å². The number of hydrogen-bond donors (Lipinski definition) is 0. The Bertz CT molecular complexity index is 854. The predicted molar refractivity (Wildman–Crippen MR) is 101 cm³/mol. The van der Waals surface area contributed by atoms with Crippen LogP contribution < -0.4 is 4.74 Å². The van der Waals surface area contributed by atoms with E-state index in [9.17, 15) is 4.79 Å². The maximum absolute atomic E-state index is 12.5. The smallest absolute Gasteiger partial charge is 0.313 e. The van der Waals surface area contributed by atoms with Crippen LogP contribution in [0.5, 0.6) is 5.75 Å². The van der Waals surface area contributed by atoms with Gasteiger partial charge < -0.3 is 9.47 Å². The maximum Gasteiger partial charge on any atom is 0.313 e. The quantitative estimate of drug-likeness (QED) is 0.584. The fourth-order valence-corrected chi connectivity index (χ4v) is 4.34. The van der Waals surface area contributed by atoms with Gasteiger partial charge in [-0.3, -0.25) is 4.79 Å². The zero-order valence-corrected chi connectivity index (χ0v) is 15.2. The molecule has 0 N–H and O–H groups in total. The summed E-state index contributed by atoms with van der Waals surface area (Å²) in [5.74, 6) is 1.03. The molecule has 1 saturated heterocycles. The number of hydrogen-bond acceptors (Lipinski definition) is 3. The van der Waals surface area contributed by atoms with E-state index in [0.717, 1.165) is 29.7 Å². The highest BCUT2D eigenvalue weighted by Crippen LogP contribution is 2.52. The summed E-state index contributed by atoms with van der Waals surface area (Å²) in [6, 6.07) is 16.4. The minimum absolute atomic E-state index is 0.0627. The third kappa shape index (κ3) is 3.14. The summed E-state index contributed by atoms with van der Waals surface area (Å²) in [5, 5.41) is 0. The largest absolute Gasteiger partial charge is 0.489 e. The van der Waals surface area contributed by atoms with E-state index in [1.807, 2.05) is 24.3 Å². The van der Waals surface area contributed by atoms with Crippen molar-refractivity contribution in [1.82, 2.24) is 0 Å². The van der Waals surface area contributed by atoms with E-state index in [2.05, 4.69) is 37.8 Å². The topological polar surface area (TPSA) is 35.5 Å². The molecular formula is C23H24O3. The van der Waals surface area contributed by atoms with Crippen LogP contribution in [0.25, 0.3) is 0 Å². The average Bonchev–Trinajstić information content (AvgIpc) is 3.08. The molecule has 2 unspecified atom stereocenters. The van der Waals surface area contributed by atoms with Gasteiger partial charge in [0.05, 0.1) is 12.0 Å². The first-order valence-electron chi connectivity index (χ1n) is 9.16. The fourth-order valence-electron chi connectivity index (χ4n) is 4.34. The Hall–Kier alpha value is -2.55. The first kappa shape index (κ1) is 16.9. The Labute approximate surface area is 154 Å². The summed E-state index contributed by atoms with van der Waals surface area (Å²) < 4.78 is 11.4. The number of ether oxygens (including phenoxy) is 2. The second kappa shape index (κ2) is 6.64. The van der Waals surface area contributed by atoms with Gasteiger partial charge in [-0.2, -0.15) is 0 Å². The summed E-state index contributed by atoms with van der Waals surface area (Å²) in [5.41, 5.74) is 4.24. The van der Waals surface area contributed by atoms with E-state index in [1.54, 1.807) is 0 Å². The van der Waals surface area contributed by atoms with Crippen molar-refractivity contribution >= 4 is 5.97 Å². The van der Waals surface area contributed by atoms with Gasteiger partial charge in [0.25, 0.3) is 0 Å². The summed E-state index contributed by atoms with van der Waals surface area (Å²) in [6.45, 7) is 7.26. The van der Waals surface area contributed by atoms with Gasteiger partial charge in [-0.05, 0) is 49.4 Å². The molecule has 134 valence electrons. The Morgan fingerprint density at radius 3 is 2.85 bits per heavy atom. The van der Waals surface area contributed by atoms with Crippen LogP contribution >= 0.6 is 0 Å². The number of carbonyl (C=O) groups is 1. The molecular weight excluding hydrogens is 324 g/mol. The van der Waals surface area contributed by atoms with Crippen molar-refractivity contribution in [3.8, 4) is 5.75 Å². The molecule has 2 aliphatic rings. The van der Waals surface area contributed by atoms with Crippen LogP contribution in [0, 0.1) is 18.3 Å². The van der Waals surface area contributed by atoms with Crippen LogP contribution in [0.15, 0.2) is 60.7 Å². The summed E-state index contributed by atoms with van der Waals surface area (Å²) in [7, 11) is 0. The molecule has 2 aromatic rings. The molecule has 2 fully saturated rings.